The molecule has 7 nitrogen and oxygen atoms in total. The van der Waals surface area contributed by atoms with E-state index in [4.69, 9.17) is 9.47 Å². The van der Waals surface area contributed by atoms with E-state index in [2.05, 4.69) is 19.2 Å². The Morgan fingerprint density at radius 1 is 1.03 bits per heavy atom. The van der Waals surface area contributed by atoms with Crippen molar-refractivity contribution in [2.45, 2.75) is 45.4 Å². The quantitative estimate of drug-likeness (QED) is 0.555. The van der Waals surface area contributed by atoms with E-state index in [1.807, 2.05) is 25.1 Å². The molecule has 2 aromatic rings. The van der Waals surface area contributed by atoms with E-state index in [9.17, 15) is 13.2 Å². The van der Waals surface area contributed by atoms with Crippen LogP contribution in [0.1, 0.15) is 46.1 Å². The number of amides is 1. The van der Waals surface area contributed by atoms with Gasteiger partial charge in [-0.1, -0.05) is 39.8 Å². The summed E-state index contributed by atoms with van der Waals surface area (Å²) in [5.41, 5.74) is 1.41. The second kappa shape index (κ2) is 11.2. The van der Waals surface area contributed by atoms with Crippen LogP contribution in [0.15, 0.2) is 47.4 Å². The summed E-state index contributed by atoms with van der Waals surface area (Å²) in [5.74, 6) is 0.940. The standard InChI is InChI=1S/C23H32N2O5S/c1-6-25(7-2)31(27,28)20-12-13-22(29-8-3)21(15-20)24-23(26)16-30-19-11-9-10-18(14-19)17(4)5/h9-15,17H,6-8,16H2,1-5H3,(H,24,26). The van der Waals surface area contributed by atoms with Crippen molar-refractivity contribution in [3.05, 3.63) is 48.0 Å². The molecule has 0 spiro atoms. The number of hydrogen-bond donors (Lipinski definition) is 1. The molecule has 2 rings (SSSR count). The summed E-state index contributed by atoms with van der Waals surface area (Å²) in [6, 6.07) is 12.1. The number of nitrogens with one attached hydrogen (secondary N) is 1. The first-order chi connectivity index (χ1) is 14.7. The fourth-order valence-corrected chi connectivity index (χ4v) is 4.54. The summed E-state index contributed by atoms with van der Waals surface area (Å²) in [4.78, 5) is 12.6. The van der Waals surface area contributed by atoms with Crippen LogP contribution in [0.25, 0.3) is 0 Å². The number of carbonyl (C=O) groups is 1. The van der Waals surface area contributed by atoms with Crippen LogP contribution >= 0.6 is 0 Å². The number of benzene rings is 2. The molecule has 1 N–H and O–H groups in total. The summed E-state index contributed by atoms with van der Waals surface area (Å²) in [7, 11) is -3.66. The zero-order chi connectivity index (χ0) is 23.0. The number of sulfonamides is 1. The van der Waals surface area contributed by atoms with Crippen molar-refractivity contribution in [1.82, 2.24) is 4.31 Å². The number of rotatable bonds is 11. The van der Waals surface area contributed by atoms with Gasteiger partial charge in [-0.3, -0.25) is 4.79 Å². The molecule has 0 saturated heterocycles. The molecule has 1 amide bonds. The molecule has 0 aromatic heterocycles. The molecule has 31 heavy (non-hydrogen) atoms. The summed E-state index contributed by atoms with van der Waals surface area (Å²) < 4.78 is 38.2. The molecule has 0 bridgehead atoms. The van der Waals surface area contributed by atoms with E-state index in [0.29, 0.717) is 42.8 Å². The SMILES string of the molecule is CCOc1ccc(S(=O)(=O)N(CC)CC)cc1NC(=O)COc1cccc(C(C)C)c1. The van der Waals surface area contributed by atoms with Crippen LogP contribution in [-0.4, -0.2) is 44.9 Å². The topological polar surface area (TPSA) is 84.9 Å². The predicted octanol–water partition coefficient (Wildman–Crippen LogP) is 4.26. The summed E-state index contributed by atoms with van der Waals surface area (Å²) in [6.45, 7) is 10.4. The lowest BCUT2D eigenvalue weighted by Gasteiger charge is -2.20. The number of hydrogen-bond acceptors (Lipinski definition) is 5. The largest absolute Gasteiger partial charge is 0.492 e. The molecule has 0 fully saturated rings. The molecule has 2 aromatic carbocycles. The van der Waals surface area contributed by atoms with Crippen molar-refractivity contribution >= 4 is 21.6 Å². The molecule has 170 valence electrons. The summed E-state index contributed by atoms with van der Waals surface area (Å²) >= 11 is 0. The van der Waals surface area contributed by atoms with Crippen LogP contribution in [0.4, 0.5) is 5.69 Å². The molecule has 0 aliphatic carbocycles. The molecule has 8 heteroatoms. The Morgan fingerprint density at radius 2 is 1.74 bits per heavy atom. The normalized spacial score (nSPS) is 11.6. The van der Waals surface area contributed by atoms with Crippen molar-refractivity contribution in [1.29, 1.82) is 0 Å². The van der Waals surface area contributed by atoms with Gasteiger partial charge in [0.1, 0.15) is 11.5 Å². The third-order valence-electron chi connectivity index (χ3n) is 4.76. The fourth-order valence-electron chi connectivity index (χ4n) is 3.06. The number of ether oxygens (including phenoxy) is 2. The minimum absolute atomic E-state index is 0.0977. The molecular weight excluding hydrogens is 416 g/mol. The molecule has 0 unspecified atom stereocenters. The van der Waals surface area contributed by atoms with Gasteiger partial charge in [0.25, 0.3) is 5.91 Å². The fraction of sp³-hybridized carbons (Fsp3) is 0.435. The van der Waals surface area contributed by atoms with Crippen molar-refractivity contribution < 1.29 is 22.7 Å². The van der Waals surface area contributed by atoms with Gasteiger partial charge < -0.3 is 14.8 Å². The lowest BCUT2D eigenvalue weighted by molar-refractivity contribution is -0.118. The van der Waals surface area contributed by atoms with E-state index >= 15 is 0 Å². The van der Waals surface area contributed by atoms with Crippen molar-refractivity contribution in [3.63, 3.8) is 0 Å². The van der Waals surface area contributed by atoms with E-state index in [0.717, 1.165) is 5.56 Å². The van der Waals surface area contributed by atoms with Gasteiger partial charge in [-0.05, 0) is 48.7 Å². The van der Waals surface area contributed by atoms with E-state index < -0.39 is 15.9 Å². The lowest BCUT2D eigenvalue weighted by Crippen LogP contribution is -2.30. The first-order valence-electron chi connectivity index (χ1n) is 10.5. The van der Waals surface area contributed by atoms with Crippen LogP contribution < -0.4 is 14.8 Å². The Morgan fingerprint density at radius 3 is 2.35 bits per heavy atom. The molecule has 0 radical (unpaired) electrons. The first-order valence-corrected chi connectivity index (χ1v) is 12.0. The Balaban J connectivity index is 2.20. The minimum atomic E-state index is -3.66. The van der Waals surface area contributed by atoms with Crippen LogP contribution in [-0.2, 0) is 14.8 Å². The average molecular weight is 449 g/mol. The van der Waals surface area contributed by atoms with Crippen LogP contribution in [0.5, 0.6) is 11.5 Å². The Labute approximate surface area is 185 Å². The van der Waals surface area contributed by atoms with Gasteiger partial charge >= 0.3 is 0 Å². The van der Waals surface area contributed by atoms with Gasteiger partial charge in [-0.2, -0.15) is 4.31 Å². The van der Waals surface area contributed by atoms with E-state index in [1.165, 1.54) is 16.4 Å². The minimum Gasteiger partial charge on any atom is -0.492 e. The zero-order valence-electron chi connectivity index (χ0n) is 18.8. The maximum Gasteiger partial charge on any atom is 0.262 e. The van der Waals surface area contributed by atoms with Gasteiger partial charge in [0, 0.05) is 13.1 Å². The Bertz CT molecular complexity index is 985. The highest BCUT2D eigenvalue weighted by atomic mass is 32.2. The maximum absolute atomic E-state index is 12.8. The highest BCUT2D eigenvalue weighted by molar-refractivity contribution is 7.89. The molecule has 0 saturated carbocycles. The van der Waals surface area contributed by atoms with Crippen LogP contribution in [0.2, 0.25) is 0 Å². The van der Waals surface area contributed by atoms with Gasteiger partial charge in [0.05, 0.1) is 17.2 Å². The Hall–Kier alpha value is -2.58. The van der Waals surface area contributed by atoms with Gasteiger partial charge in [-0.25, -0.2) is 8.42 Å². The molecule has 0 aliphatic rings. The van der Waals surface area contributed by atoms with Crippen LogP contribution in [0, 0.1) is 0 Å². The Kier molecular flexibility index (Phi) is 8.88. The first kappa shape index (κ1) is 24.7. The van der Waals surface area contributed by atoms with Crippen molar-refractivity contribution in [2.75, 3.05) is 31.6 Å². The molecule has 0 heterocycles. The highest BCUT2D eigenvalue weighted by Gasteiger charge is 2.23. The van der Waals surface area contributed by atoms with Crippen molar-refractivity contribution in [3.8, 4) is 11.5 Å². The van der Waals surface area contributed by atoms with Gasteiger partial charge in [-0.15, -0.1) is 0 Å². The summed E-state index contributed by atoms with van der Waals surface area (Å²) in [5, 5.41) is 2.72. The average Bonchev–Trinajstić information content (AvgIpc) is 2.74. The second-order valence-corrected chi connectivity index (χ2v) is 9.18. The molecular formula is C23H32N2O5S. The molecule has 0 aliphatic heterocycles. The third kappa shape index (κ3) is 6.45. The van der Waals surface area contributed by atoms with E-state index in [1.54, 1.807) is 26.0 Å². The molecule has 0 atom stereocenters. The van der Waals surface area contributed by atoms with Gasteiger partial charge in [0.15, 0.2) is 6.61 Å². The zero-order valence-corrected chi connectivity index (χ0v) is 19.7. The van der Waals surface area contributed by atoms with Gasteiger partial charge in [0.2, 0.25) is 10.0 Å². The lowest BCUT2D eigenvalue weighted by atomic mass is 10.0. The smallest absolute Gasteiger partial charge is 0.262 e. The van der Waals surface area contributed by atoms with Crippen molar-refractivity contribution in [2.24, 2.45) is 0 Å². The third-order valence-corrected chi connectivity index (χ3v) is 6.81. The summed E-state index contributed by atoms with van der Waals surface area (Å²) in [6.07, 6.45) is 0. The monoisotopic (exact) mass is 448 g/mol. The number of anilines is 1. The highest BCUT2D eigenvalue weighted by Crippen LogP contribution is 2.29. The maximum atomic E-state index is 12.8. The predicted molar refractivity (Wildman–Crippen MR) is 122 cm³/mol. The number of carbonyl (C=O) groups excluding carboxylic acids is 1. The van der Waals surface area contributed by atoms with E-state index in [-0.39, 0.29) is 11.5 Å². The van der Waals surface area contributed by atoms with Crippen LogP contribution in [0.3, 0.4) is 0 Å². The number of nitrogens with zero attached hydrogens (tertiary/aromatic N) is 1. The second-order valence-electron chi connectivity index (χ2n) is 7.24.